The summed E-state index contributed by atoms with van der Waals surface area (Å²) in [5.74, 6) is 0.00749. The van der Waals surface area contributed by atoms with E-state index in [0.717, 1.165) is 11.3 Å². The van der Waals surface area contributed by atoms with Crippen molar-refractivity contribution in [3.05, 3.63) is 35.2 Å². The smallest absolute Gasteiger partial charge is 0.315 e. The molecule has 0 saturated heterocycles. The molecule has 0 bridgehead atoms. The highest BCUT2D eigenvalue weighted by Gasteiger charge is 2.13. The van der Waals surface area contributed by atoms with Crippen molar-refractivity contribution in [2.45, 2.75) is 26.4 Å². The SMILES string of the molecule is CC(CO)C(C)NC(=O)NCc1cn2cc(Cl)ccc2n1. The Labute approximate surface area is 128 Å². The van der Waals surface area contributed by atoms with Crippen LogP contribution in [0.3, 0.4) is 0 Å². The summed E-state index contributed by atoms with van der Waals surface area (Å²) < 4.78 is 1.81. The van der Waals surface area contributed by atoms with E-state index in [1.807, 2.05) is 30.5 Å². The van der Waals surface area contributed by atoms with Gasteiger partial charge in [0.1, 0.15) is 5.65 Å². The highest BCUT2D eigenvalue weighted by molar-refractivity contribution is 6.30. The van der Waals surface area contributed by atoms with Gasteiger partial charge in [0.25, 0.3) is 0 Å². The molecule has 114 valence electrons. The highest BCUT2D eigenvalue weighted by Crippen LogP contribution is 2.11. The standard InChI is InChI=1S/C14H19ClN4O2/c1-9(8-20)10(2)17-14(21)16-5-12-7-19-6-11(15)3-4-13(19)18-12/h3-4,6-7,9-10,20H,5,8H2,1-2H3,(H2,16,17,21). The van der Waals surface area contributed by atoms with Gasteiger partial charge >= 0.3 is 6.03 Å². The zero-order valence-electron chi connectivity index (χ0n) is 12.0. The number of rotatable bonds is 5. The third kappa shape index (κ3) is 4.09. The van der Waals surface area contributed by atoms with Gasteiger partial charge in [0.15, 0.2) is 0 Å². The van der Waals surface area contributed by atoms with Crippen molar-refractivity contribution < 1.29 is 9.90 Å². The van der Waals surface area contributed by atoms with Crippen LogP contribution in [0.5, 0.6) is 0 Å². The molecule has 0 aromatic carbocycles. The summed E-state index contributed by atoms with van der Waals surface area (Å²) in [6, 6.07) is 3.20. The Bertz CT molecular complexity index is 628. The van der Waals surface area contributed by atoms with Crippen LogP contribution in [0.15, 0.2) is 24.5 Å². The number of nitrogens with one attached hydrogen (secondary N) is 2. The monoisotopic (exact) mass is 310 g/mol. The largest absolute Gasteiger partial charge is 0.396 e. The molecule has 0 spiro atoms. The van der Waals surface area contributed by atoms with Gasteiger partial charge in [0, 0.05) is 25.0 Å². The maximum Gasteiger partial charge on any atom is 0.315 e. The quantitative estimate of drug-likeness (QED) is 0.788. The molecule has 2 atom stereocenters. The van der Waals surface area contributed by atoms with Crippen LogP contribution in [0.25, 0.3) is 5.65 Å². The van der Waals surface area contributed by atoms with Crippen molar-refractivity contribution in [1.29, 1.82) is 0 Å². The van der Waals surface area contributed by atoms with Gasteiger partial charge in [-0.25, -0.2) is 9.78 Å². The lowest BCUT2D eigenvalue weighted by Crippen LogP contribution is -2.44. The van der Waals surface area contributed by atoms with Crippen LogP contribution in [0.1, 0.15) is 19.5 Å². The number of hydrogen-bond acceptors (Lipinski definition) is 3. The van der Waals surface area contributed by atoms with Crippen LogP contribution in [0.4, 0.5) is 4.79 Å². The van der Waals surface area contributed by atoms with Gasteiger partial charge < -0.3 is 20.1 Å². The number of halogens is 1. The van der Waals surface area contributed by atoms with E-state index in [4.69, 9.17) is 16.7 Å². The normalized spacial score (nSPS) is 13.9. The Kier molecular flexibility index (Phi) is 5.03. The van der Waals surface area contributed by atoms with E-state index in [0.29, 0.717) is 11.6 Å². The zero-order valence-corrected chi connectivity index (χ0v) is 12.8. The second-order valence-electron chi connectivity index (χ2n) is 5.12. The first-order valence-corrected chi connectivity index (χ1v) is 7.15. The van der Waals surface area contributed by atoms with Crippen molar-refractivity contribution >= 4 is 23.3 Å². The summed E-state index contributed by atoms with van der Waals surface area (Å²) in [5.41, 5.74) is 1.52. The average Bonchev–Trinajstić information content (AvgIpc) is 2.86. The molecule has 6 nitrogen and oxygen atoms in total. The van der Waals surface area contributed by atoms with Crippen LogP contribution in [0, 0.1) is 5.92 Å². The van der Waals surface area contributed by atoms with Crippen LogP contribution in [-0.4, -0.2) is 33.2 Å². The Morgan fingerprint density at radius 3 is 2.90 bits per heavy atom. The van der Waals surface area contributed by atoms with Crippen molar-refractivity contribution in [1.82, 2.24) is 20.0 Å². The van der Waals surface area contributed by atoms with Crippen molar-refractivity contribution in [2.24, 2.45) is 5.92 Å². The molecule has 2 amide bonds. The maximum absolute atomic E-state index is 11.8. The molecular weight excluding hydrogens is 292 g/mol. The highest BCUT2D eigenvalue weighted by atomic mass is 35.5. The molecule has 2 aromatic heterocycles. The summed E-state index contributed by atoms with van der Waals surface area (Å²) >= 11 is 5.91. The van der Waals surface area contributed by atoms with Crippen LogP contribution in [0.2, 0.25) is 5.02 Å². The van der Waals surface area contributed by atoms with E-state index in [2.05, 4.69) is 15.6 Å². The first-order chi connectivity index (χ1) is 9.99. The molecule has 2 rings (SSSR count). The molecule has 0 aliphatic heterocycles. The number of nitrogens with zero attached hydrogens (tertiary/aromatic N) is 2. The molecule has 7 heteroatoms. The average molecular weight is 311 g/mol. The third-order valence-corrected chi connectivity index (χ3v) is 3.62. The second-order valence-corrected chi connectivity index (χ2v) is 5.56. The van der Waals surface area contributed by atoms with E-state index in [1.54, 1.807) is 12.3 Å². The van der Waals surface area contributed by atoms with E-state index in [1.165, 1.54) is 0 Å². The van der Waals surface area contributed by atoms with Crippen LogP contribution >= 0.6 is 11.6 Å². The van der Waals surface area contributed by atoms with Gasteiger partial charge in [0.2, 0.25) is 0 Å². The van der Waals surface area contributed by atoms with Gasteiger partial charge in [-0.05, 0) is 25.0 Å². The molecular formula is C14H19ClN4O2. The topological polar surface area (TPSA) is 78.7 Å². The van der Waals surface area contributed by atoms with E-state index in [9.17, 15) is 4.79 Å². The molecule has 0 radical (unpaired) electrons. The Balaban J connectivity index is 1.90. The fourth-order valence-corrected chi connectivity index (χ4v) is 2.00. The van der Waals surface area contributed by atoms with Crippen molar-refractivity contribution in [2.75, 3.05) is 6.61 Å². The number of aromatic nitrogens is 2. The summed E-state index contributed by atoms with van der Waals surface area (Å²) in [4.78, 5) is 16.1. The minimum atomic E-state index is -0.280. The van der Waals surface area contributed by atoms with Gasteiger partial charge in [-0.1, -0.05) is 18.5 Å². The van der Waals surface area contributed by atoms with Crippen LogP contribution < -0.4 is 10.6 Å². The lowest BCUT2D eigenvalue weighted by molar-refractivity contribution is 0.200. The minimum Gasteiger partial charge on any atom is -0.396 e. The van der Waals surface area contributed by atoms with E-state index in [-0.39, 0.29) is 24.6 Å². The van der Waals surface area contributed by atoms with E-state index >= 15 is 0 Å². The van der Waals surface area contributed by atoms with Gasteiger partial charge in [-0.2, -0.15) is 0 Å². The lowest BCUT2D eigenvalue weighted by Gasteiger charge is -2.19. The van der Waals surface area contributed by atoms with Crippen molar-refractivity contribution in [3.8, 4) is 0 Å². The lowest BCUT2D eigenvalue weighted by atomic mass is 10.1. The summed E-state index contributed by atoms with van der Waals surface area (Å²) in [7, 11) is 0. The summed E-state index contributed by atoms with van der Waals surface area (Å²) in [6.45, 7) is 4.09. The number of amides is 2. The van der Waals surface area contributed by atoms with Gasteiger partial charge in [-0.3, -0.25) is 0 Å². The predicted molar refractivity (Wildman–Crippen MR) is 81.3 cm³/mol. The summed E-state index contributed by atoms with van der Waals surface area (Å²) in [5, 5.41) is 15.2. The minimum absolute atomic E-state index is 0.00749. The number of imidazole rings is 1. The molecule has 21 heavy (non-hydrogen) atoms. The number of carbonyl (C=O) groups excluding carboxylic acids is 1. The molecule has 3 N–H and O–H groups in total. The Morgan fingerprint density at radius 1 is 1.43 bits per heavy atom. The second kappa shape index (κ2) is 6.78. The number of aliphatic hydroxyl groups is 1. The van der Waals surface area contributed by atoms with Gasteiger partial charge in [0.05, 0.1) is 17.3 Å². The number of carbonyl (C=O) groups is 1. The zero-order chi connectivity index (χ0) is 15.4. The molecule has 2 unspecified atom stereocenters. The number of urea groups is 1. The van der Waals surface area contributed by atoms with Gasteiger partial charge in [-0.15, -0.1) is 0 Å². The maximum atomic E-state index is 11.8. The molecule has 0 aliphatic rings. The predicted octanol–water partition coefficient (Wildman–Crippen LogP) is 1.80. The fourth-order valence-electron chi connectivity index (χ4n) is 1.83. The first kappa shape index (κ1) is 15.6. The molecule has 0 fully saturated rings. The Morgan fingerprint density at radius 2 is 2.19 bits per heavy atom. The Hall–Kier alpha value is -1.79. The van der Waals surface area contributed by atoms with E-state index < -0.39 is 0 Å². The number of pyridine rings is 1. The summed E-state index contributed by atoms with van der Waals surface area (Å²) in [6.07, 6.45) is 3.58. The molecule has 2 heterocycles. The first-order valence-electron chi connectivity index (χ1n) is 6.78. The number of fused-ring (bicyclic) bond motifs is 1. The molecule has 2 aromatic rings. The third-order valence-electron chi connectivity index (χ3n) is 3.40. The van der Waals surface area contributed by atoms with Crippen molar-refractivity contribution in [3.63, 3.8) is 0 Å². The molecule has 0 saturated carbocycles. The number of aliphatic hydroxyl groups excluding tert-OH is 1. The molecule has 0 aliphatic carbocycles. The number of hydrogen-bond donors (Lipinski definition) is 3. The van der Waals surface area contributed by atoms with Crippen LogP contribution in [-0.2, 0) is 6.54 Å². The fraction of sp³-hybridized carbons (Fsp3) is 0.429.